The molecular weight excluding hydrogens is 445 g/mol. The quantitative estimate of drug-likeness (QED) is 0.210. The first-order valence-corrected chi connectivity index (χ1v) is 9.11. The number of aliphatic imine (C=N–C) groups is 1. The number of nitrogens with zero attached hydrogens (tertiary/aromatic N) is 1. The topological polar surface area (TPSA) is 64.1 Å². The predicted octanol–water partition coefficient (Wildman–Crippen LogP) is 3.06. The van der Waals surface area contributed by atoms with Gasteiger partial charge in [-0.25, -0.2) is 0 Å². The number of hydrogen-bond donors (Lipinski definition) is 2. The highest BCUT2D eigenvalue weighted by molar-refractivity contribution is 14.0. The maximum absolute atomic E-state index is 5.72. The molecule has 0 aromatic heterocycles. The lowest BCUT2D eigenvalue weighted by atomic mass is 10.3. The average Bonchev–Trinajstić information content (AvgIpc) is 3.47. The Morgan fingerprint density at radius 1 is 1.12 bits per heavy atom. The van der Waals surface area contributed by atoms with Crippen molar-refractivity contribution < 1.29 is 14.2 Å². The summed E-state index contributed by atoms with van der Waals surface area (Å²) in [5, 5.41) is 6.59. The van der Waals surface area contributed by atoms with E-state index in [2.05, 4.69) is 15.6 Å². The normalized spacial score (nSPS) is 13.7. The Bertz CT molecular complexity index is 525. The van der Waals surface area contributed by atoms with Crippen molar-refractivity contribution in [2.75, 3.05) is 47.1 Å². The number of methoxy groups -OCH3 is 1. The van der Waals surface area contributed by atoms with Gasteiger partial charge >= 0.3 is 0 Å². The molecule has 148 valence electrons. The van der Waals surface area contributed by atoms with Gasteiger partial charge in [-0.2, -0.15) is 0 Å². The number of rotatable bonds is 12. The van der Waals surface area contributed by atoms with Gasteiger partial charge in [-0.3, -0.25) is 4.99 Å². The smallest absolute Gasteiger partial charge is 0.190 e. The zero-order valence-electron chi connectivity index (χ0n) is 15.8. The highest BCUT2D eigenvalue weighted by Gasteiger charge is 2.20. The molecule has 1 saturated carbocycles. The average molecular weight is 477 g/mol. The van der Waals surface area contributed by atoms with Gasteiger partial charge < -0.3 is 24.8 Å². The SMILES string of the molecule is CN=C(NCCCOCC1CC1)NCCCOc1cccc(OC)c1.I. The minimum atomic E-state index is 0. The number of nitrogens with one attached hydrogen (secondary N) is 2. The fourth-order valence-corrected chi connectivity index (χ4v) is 2.30. The molecule has 1 aromatic rings. The summed E-state index contributed by atoms with van der Waals surface area (Å²) in [5.41, 5.74) is 0. The van der Waals surface area contributed by atoms with Gasteiger partial charge in [0.1, 0.15) is 11.5 Å². The molecule has 1 aromatic carbocycles. The second kappa shape index (κ2) is 13.9. The molecule has 0 bridgehead atoms. The van der Waals surface area contributed by atoms with Crippen LogP contribution in [0.25, 0.3) is 0 Å². The Morgan fingerprint density at radius 2 is 1.81 bits per heavy atom. The minimum Gasteiger partial charge on any atom is -0.497 e. The molecule has 0 radical (unpaired) electrons. The summed E-state index contributed by atoms with van der Waals surface area (Å²) in [6.07, 6.45) is 4.57. The molecule has 0 atom stereocenters. The van der Waals surface area contributed by atoms with Crippen LogP contribution >= 0.6 is 24.0 Å². The van der Waals surface area contributed by atoms with E-state index in [0.717, 1.165) is 62.5 Å². The van der Waals surface area contributed by atoms with Crippen molar-refractivity contribution in [3.8, 4) is 11.5 Å². The summed E-state index contributed by atoms with van der Waals surface area (Å²) in [6.45, 7) is 4.06. The highest BCUT2D eigenvalue weighted by atomic mass is 127. The first-order valence-electron chi connectivity index (χ1n) is 9.11. The van der Waals surface area contributed by atoms with E-state index in [1.165, 1.54) is 12.8 Å². The molecule has 2 rings (SSSR count). The summed E-state index contributed by atoms with van der Waals surface area (Å²) in [6, 6.07) is 7.65. The Kier molecular flexibility index (Phi) is 12.2. The Labute approximate surface area is 174 Å². The zero-order chi connectivity index (χ0) is 17.7. The molecule has 0 amide bonds. The second-order valence-electron chi connectivity index (χ2n) is 6.18. The van der Waals surface area contributed by atoms with Crippen molar-refractivity contribution in [2.24, 2.45) is 10.9 Å². The van der Waals surface area contributed by atoms with E-state index in [9.17, 15) is 0 Å². The molecule has 1 fully saturated rings. The molecule has 0 saturated heterocycles. The van der Waals surface area contributed by atoms with E-state index in [1.54, 1.807) is 14.2 Å². The first-order chi connectivity index (χ1) is 12.3. The zero-order valence-corrected chi connectivity index (χ0v) is 18.2. The van der Waals surface area contributed by atoms with E-state index >= 15 is 0 Å². The van der Waals surface area contributed by atoms with Gasteiger partial charge in [0.25, 0.3) is 0 Å². The lowest BCUT2D eigenvalue weighted by Crippen LogP contribution is -2.38. The molecule has 1 aliphatic rings. The van der Waals surface area contributed by atoms with Crippen molar-refractivity contribution >= 4 is 29.9 Å². The van der Waals surface area contributed by atoms with Crippen LogP contribution < -0.4 is 20.1 Å². The third-order valence-corrected chi connectivity index (χ3v) is 3.96. The van der Waals surface area contributed by atoms with E-state index < -0.39 is 0 Å². The minimum absolute atomic E-state index is 0. The molecule has 0 spiro atoms. The van der Waals surface area contributed by atoms with E-state index in [-0.39, 0.29) is 24.0 Å². The van der Waals surface area contributed by atoms with Crippen LogP contribution in [0, 0.1) is 5.92 Å². The lowest BCUT2D eigenvalue weighted by Gasteiger charge is -2.12. The van der Waals surface area contributed by atoms with E-state index in [1.807, 2.05) is 24.3 Å². The number of halogens is 1. The molecule has 26 heavy (non-hydrogen) atoms. The van der Waals surface area contributed by atoms with Crippen LogP contribution in [0.4, 0.5) is 0 Å². The van der Waals surface area contributed by atoms with Gasteiger partial charge in [0.15, 0.2) is 5.96 Å². The van der Waals surface area contributed by atoms with Crippen LogP contribution in [0.1, 0.15) is 25.7 Å². The van der Waals surface area contributed by atoms with Gasteiger partial charge in [0, 0.05) is 39.4 Å². The summed E-state index contributed by atoms with van der Waals surface area (Å²) < 4.78 is 16.5. The Hall–Kier alpha value is -1.22. The van der Waals surface area contributed by atoms with Crippen LogP contribution in [0.15, 0.2) is 29.3 Å². The molecule has 1 aliphatic carbocycles. The van der Waals surface area contributed by atoms with Crippen LogP contribution in [0.5, 0.6) is 11.5 Å². The van der Waals surface area contributed by atoms with Crippen molar-refractivity contribution in [1.82, 2.24) is 10.6 Å². The molecule has 0 aliphatic heterocycles. The molecule has 7 heteroatoms. The van der Waals surface area contributed by atoms with E-state index in [4.69, 9.17) is 14.2 Å². The summed E-state index contributed by atoms with van der Waals surface area (Å²) in [4.78, 5) is 4.22. The van der Waals surface area contributed by atoms with Crippen LogP contribution in [-0.4, -0.2) is 53.0 Å². The van der Waals surface area contributed by atoms with Gasteiger partial charge in [0.05, 0.1) is 13.7 Å². The standard InChI is InChI=1S/C19H31N3O3.HI/c1-20-19(21-10-4-12-24-15-16-8-9-16)22-11-5-13-25-18-7-3-6-17(14-18)23-2;/h3,6-7,14,16H,4-5,8-13,15H2,1-2H3,(H2,20,21,22);1H. The number of benzene rings is 1. The van der Waals surface area contributed by atoms with Crippen molar-refractivity contribution in [1.29, 1.82) is 0 Å². The molecular formula is C19H32IN3O3. The van der Waals surface area contributed by atoms with Gasteiger partial charge in [-0.1, -0.05) is 6.07 Å². The van der Waals surface area contributed by atoms with Crippen LogP contribution in [-0.2, 0) is 4.74 Å². The Balaban J connectivity index is 0.00000338. The van der Waals surface area contributed by atoms with E-state index in [0.29, 0.717) is 6.61 Å². The number of guanidine groups is 1. The Morgan fingerprint density at radius 3 is 2.46 bits per heavy atom. The van der Waals surface area contributed by atoms with Gasteiger partial charge in [-0.05, 0) is 43.7 Å². The maximum atomic E-state index is 5.72. The largest absolute Gasteiger partial charge is 0.497 e. The highest BCUT2D eigenvalue weighted by Crippen LogP contribution is 2.28. The number of ether oxygens (including phenoxy) is 3. The van der Waals surface area contributed by atoms with Crippen LogP contribution in [0.3, 0.4) is 0 Å². The molecule has 0 heterocycles. The van der Waals surface area contributed by atoms with Crippen LogP contribution in [0.2, 0.25) is 0 Å². The summed E-state index contributed by atoms with van der Waals surface area (Å²) >= 11 is 0. The molecule has 2 N–H and O–H groups in total. The first kappa shape index (κ1) is 22.8. The monoisotopic (exact) mass is 477 g/mol. The van der Waals surface area contributed by atoms with Crippen molar-refractivity contribution in [3.05, 3.63) is 24.3 Å². The summed E-state index contributed by atoms with van der Waals surface area (Å²) in [5.74, 6) is 3.29. The third-order valence-electron chi connectivity index (χ3n) is 3.96. The lowest BCUT2D eigenvalue weighted by molar-refractivity contribution is 0.123. The second-order valence-corrected chi connectivity index (χ2v) is 6.18. The fourth-order valence-electron chi connectivity index (χ4n) is 2.30. The number of hydrogen-bond acceptors (Lipinski definition) is 4. The van der Waals surface area contributed by atoms with Crippen molar-refractivity contribution in [2.45, 2.75) is 25.7 Å². The van der Waals surface area contributed by atoms with Crippen molar-refractivity contribution in [3.63, 3.8) is 0 Å². The van der Waals surface area contributed by atoms with Gasteiger partial charge in [0.2, 0.25) is 0 Å². The van der Waals surface area contributed by atoms with Gasteiger partial charge in [-0.15, -0.1) is 24.0 Å². The fraction of sp³-hybridized carbons (Fsp3) is 0.632. The maximum Gasteiger partial charge on any atom is 0.190 e. The molecule has 6 nitrogen and oxygen atoms in total. The third kappa shape index (κ3) is 10.1. The summed E-state index contributed by atoms with van der Waals surface area (Å²) in [7, 11) is 3.44. The predicted molar refractivity (Wildman–Crippen MR) is 116 cm³/mol. The molecule has 0 unspecified atom stereocenters.